The van der Waals surface area contributed by atoms with Gasteiger partial charge in [-0.1, -0.05) is 15.9 Å². The molecule has 0 spiro atoms. The van der Waals surface area contributed by atoms with Crippen molar-refractivity contribution >= 4 is 40.0 Å². The van der Waals surface area contributed by atoms with E-state index < -0.39 is 0 Å². The number of aromatic nitrogens is 3. The highest BCUT2D eigenvalue weighted by atomic mass is 79.9. The number of phenolic OH excluding ortho intramolecular Hbond substituents is 1. The first-order valence-electron chi connectivity index (χ1n) is 9.38. The van der Waals surface area contributed by atoms with E-state index in [0.29, 0.717) is 44.3 Å². The number of hydrogen-bond donors (Lipinski definition) is 2. The van der Waals surface area contributed by atoms with E-state index >= 15 is 0 Å². The summed E-state index contributed by atoms with van der Waals surface area (Å²) in [4.78, 5) is 17.9. The number of anilines is 3. The lowest BCUT2D eigenvalue weighted by molar-refractivity contribution is 0.121. The highest BCUT2D eigenvalue weighted by Crippen LogP contribution is 2.21. The molecule has 0 radical (unpaired) electrons. The average molecular weight is 464 g/mol. The number of morpholine rings is 2. The Kier molecular flexibility index (Phi) is 6.37. The minimum atomic E-state index is 0.166. The van der Waals surface area contributed by atoms with Gasteiger partial charge < -0.3 is 24.4 Å². The molecule has 0 atom stereocenters. The Balaban J connectivity index is 1.57. The fourth-order valence-corrected chi connectivity index (χ4v) is 3.35. The predicted octanol–water partition coefficient (Wildman–Crippen LogP) is 1.46. The predicted molar refractivity (Wildman–Crippen MR) is 113 cm³/mol. The van der Waals surface area contributed by atoms with Crippen LogP contribution in [0.4, 0.5) is 17.8 Å². The normalized spacial score (nSPS) is 17.7. The number of benzene rings is 1. The molecule has 2 N–H and O–H groups in total. The monoisotopic (exact) mass is 463 g/mol. The van der Waals surface area contributed by atoms with Crippen molar-refractivity contribution in [3.05, 3.63) is 28.2 Å². The molecular weight excluding hydrogens is 442 g/mol. The molecule has 4 rings (SSSR count). The lowest BCUT2D eigenvalue weighted by Gasteiger charge is -2.30. The molecule has 2 aliphatic rings. The number of ether oxygens (including phenoxy) is 2. The van der Waals surface area contributed by atoms with Crippen molar-refractivity contribution in [1.82, 2.24) is 15.0 Å². The fourth-order valence-electron chi connectivity index (χ4n) is 3.00. The van der Waals surface area contributed by atoms with Crippen molar-refractivity contribution in [1.29, 1.82) is 0 Å². The number of nitrogens with zero attached hydrogens (tertiary/aromatic N) is 6. The second kappa shape index (κ2) is 9.33. The molecule has 10 nitrogen and oxygen atoms in total. The Morgan fingerprint density at radius 1 is 0.966 bits per heavy atom. The van der Waals surface area contributed by atoms with Crippen LogP contribution in [0, 0.1) is 0 Å². The summed E-state index contributed by atoms with van der Waals surface area (Å²) in [7, 11) is 0. The summed E-state index contributed by atoms with van der Waals surface area (Å²) in [6.45, 7) is 5.49. The van der Waals surface area contributed by atoms with Crippen LogP contribution in [0.2, 0.25) is 0 Å². The van der Waals surface area contributed by atoms with Crippen molar-refractivity contribution in [2.24, 2.45) is 5.10 Å². The smallest absolute Gasteiger partial charge is 0.250 e. The number of phenols is 1. The van der Waals surface area contributed by atoms with E-state index in [1.807, 2.05) is 0 Å². The minimum absolute atomic E-state index is 0.166. The number of aromatic hydroxyl groups is 1. The van der Waals surface area contributed by atoms with Gasteiger partial charge in [-0.15, -0.1) is 0 Å². The number of rotatable bonds is 5. The summed E-state index contributed by atoms with van der Waals surface area (Å²) in [5.74, 6) is 1.72. The van der Waals surface area contributed by atoms with E-state index in [4.69, 9.17) is 9.47 Å². The standard InChI is InChI=1S/C18H22BrN7O3/c19-15-2-1-14(27)11-13(15)12-20-24-16-21-17(25-3-7-28-8-4-25)23-18(22-16)26-5-9-29-10-6-26/h1-2,11-12,27H,3-10H2,(H,21,22,23,24)/b20-12+. The van der Waals surface area contributed by atoms with E-state index in [1.165, 1.54) is 0 Å². The molecule has 2 aromatic rings. The van der Waals surface area contributed by atoms with Crippen LogP contribution in [0.25, 0.3) is 0 Å². The Labute approximate surface area is 176 Å². The van der Waals surface area contributed by atoms with Crippen LogP contribution in [-0.2, 0) is 9.47 Å². The molecule has 154 valence electrons. The van der Waals surface area contributed by atoms with Gasteiger partial charge in [-0.05, 0) is 18.2 Å². The summed E-state index contributed by atoms with van der Waals surface area (Å²) in [5.41, 5.74) is 3.62. The molecule has 11 heteroatoms. The van der Waals surface area contributed by atoms with Crippen molar-refractivity contribution in [3.63, 3.8) is 0 Å². The molecule has 0 saturated carbocycles. The summed E-state index contributed by atoms with van der Waals surface area (Å²) in [5, 5.41) is 13.9. The van der Waals surface area contributed by atoms with Crippen LogP contribution >= 0.6 is 15.9 Å². The zero-order valence-electron chi connectivity index (χ0n) is 15.8. The largest absolute Gasteiger partial charge is 0.508 e. The molecule has 0 bridgehead atoms. The van der Waals surface area contributed by atoms with Crippen LogP contribution in [-0.4, -0.2) is 78.9 Å². The Morgan fingerprint density at radius 2 is 1.55 bits per heavy atom. The van der Waals surface area contributed by atoms with E-state index in [9.17, 15) is 5.11 Å². The first-order chi connectivity index (χ1) is 14.2. The van der Waals surface area contributed by atoms with Gasteiger partial charge in [0.05, 0.1) is 32.6 Å². The molecule has 0 unspecified atom stereocenters. The number of halogens is 1. The molecule has 29 heavy (non-hydrogen) atoms. The SMILES string of the molecule is Oc1ccc(Br)c(/C=N/Nc2nc(N3CCOCC3)nc(N3CCOCC3)n2)c1. The second-order valence-corrected chi connectivity index (χ2v) is 7.39. The summed E-state index contributed by atoms with van der Waals surface area (Å²) in [6.07, 6.45) is 1.59. The number of nitrogens with one attached hydrogen (secondary N) is 1. The molecule has 1 aromatic carbocycles. The van der Waals surface area contributed by atoms with Crippen LogP contribution in [0.1, 0.15) is 5.56 Å². The molecule has 2 saturated heterocycles. The van der Waals surface area contributed by atoms with Crippen LogP contribution in [0.5, 0.6) is 5.75 Å². The fraction of sp³-hybridized carbons (Fsp3) is 0.444. The molecular formula is C18H22BrN7O3. The van der Waals surface area contributed by atoms with Crippen LogP contribution in [0.15, 0.2) is 27.8 Å². The quantitative estimate of drug-likeness (QED) is 0.502. The van der Waals surface area contributed by atoms with Gasteiger partial charge in [-0.3, -0.25) is 0 Å². The first kappa shape index (κ1) is 19.8. The van der Waals surface area contributed by atoms with Gasteiger partial charge in [0.2, 0.25) is 17.8 Å². The van der Waals surface area contributed by atoms with Crippen molar-refractivity contribution in [2.75, 3.05) is 67.8 Å². The van der Waals surface area contributed by atoms with E-state index in [-0.39, 0.29) is 5.75 Å². The van der Waals surface area contributed by atoms with E-state index in [0.717, 1.165) is 36.2 Å². The van der Waals surface area contributed by atoms with Gasteiger partial charge in [-0.25, -0.2) is 5.43 Å². The molecule has 3 heterocycles. The molecule has 1 aromatic heterocycles. The zero-order valence-corrected chi connectivity index (χ0v) is 17.4. The van der Waals surface area contributed by atoms with Gasteiger partial charge in [-0.2, -0.15) is 20.1 Å². The Bertz CT molecular complexity index is 834. The Hall–Kier alpha value is -2.50. The second-order valence-electron chi connectivity index (χ2n) is 6.53. The van der Waals surface area contributed by atoms with Gasteiger partial charge in [0.15, 0.2) is 0 Å². The third-order valence-electron chi connectivity index (χ3n) is 4.55. The topological polar surface area (TPSA) is 108 Å². The number of hydrogen-bond acceptors (Lipinski definition) is 10. The van der Waals surface area contributed by atoms with Crippen molar-refractivity contribution in [2.45, 2.75) is 0 Å². The third kappa shape index (κ3) is 5.11. The average Bonchev–Trinajstić information content (AvgIpc) is 2.77. The first-order valence-corrected chi connectivity index (χ1v) is 10.2. The summed E-state index contributed by atoms with van der Waals surface area (Å²) < 4.78 is 11.7. The zero-order chi connectivity index (χ0) is 20.1. The Morgan fingerprint density at radius 3 is 2.14 bits per heavy atom. The van der Waals surface area contributed by atoms with Crippen molar-refractivity contribution in [3.8, 4) is 5.75 Å². The maximum atomic E-state index is 9.65. The lowest BCUT2D eigenvalue weighted by Crippen LogP contribution is -2.40. The van der Waals surface area contributed by atoms with Gasteiger partial charge in [0, 0.05) is 36.2 Å². The lowest BCUT2D eigenvalue weighted by atomic mass is 10.2. The minimum Gasteiger partial charge on any atom is -0.508 e. The maximum Gasteiger partial charge on any atom is 0.250 e. The van der Waals surface area contributed by atoms with E-state index in [1.54, 1.807) is 24.4 Å². The highest BCUT2D eigenvalue weighted by Gasteiger charge is 2.20. The van der Waals surface area contributed by atoms with E-state index in [2.05, 4.69) is 51.2 Å². The van der Waals surface area contributed by atoms with Gasteiger partial charge in [0.1, 0.15) is 5.75 Å². The third-order valence-corrected chi connectivity index (χ3v) is 5.27. The highest BCUT2D eigenvalue weighted by molar-refractivity contribution is 9.10. The van der Waals surface area contributed by atoms with Gasteiger partial charge >= 0.3 is 0 Å². The van der Waals surface area contributed by atoms with Crippen LogP contribution in [0.3, 0.4) is 0 Å². The molecule has 0 aliphatic carbocycles. The molecule has 2 aliphatic heterocycles. The molecule has 0 amide bonds. The summed E-state index contributed by atoms with van der Waals surface area (Å²) >= 11 is 3.44. The molecule has 2 fully saturated rings. The van der Waals surface area contributed by atoms with Gasteiger partial charge in [0.25, 0.3) is 0 Å². The van der Waals surface area contributed by atoms with Crippen molar-refractivity contribution < 1.29 is 14.6 Å². The number of hydrazone groups is 1. The van der Waals surface area contributed by atoms with Crippen LogP contribution < -0.4 is 15.2 Å². The summed E-state index contributed by atoms with van der Waals surface area (Å²) in [6, 6.07) is 4.97. The maximum absolute atomic E-state index is 9.65.